The predicted octanol–water partition coefficient (Wildman–Crippen LogP) is 1.73. The van der Waals surface area contributed by atoms with Crippen LogP contribution in [0, 0.1) is 5.92 Å². The highest BCUT2D eigenvalue weighted by atomic mass is 16.3. The van der Waals surface area contributed by atoms with Gasteiger partial charge in [0.25, 0.3) is 5.91 Å². The molecule has 1 amide bonds. The number of aryl methyl sites for hydroxylation is 1. The zero-order valence-corrected chi connectivity index (χ0v) is 11.1. The van der Waals surface area contributed by atoms with Crippen LogP contribution in [0.5, 0.6) is 0 Å². The molecule has 0 bridgehead atoms. The first-order valence-electron chi connectivity index (χ1n) is 6.85. The Bertz CT molecular complexity index is 503. The van der Waals surface area contributed by atoms with Gasteiger partial charge < -0.3 is 14.6 Å². The van der Waals surface area contributed by atoms with E-state index >= 15 is 0 Å². The maximum atomic E-state index is 12.0. The standard InChI is InChI=1S/C14H19N3O2/c1-10-12(11-3-4-11)17(14(19)13(10)18)7-2-6-16-8-5-15-9-16/h5,8-9,11-12,18H,2-4,6-7H2,1H3. The lowest BCUT2D eigenvalue weighted by Crippen LogP contribution is -2.38. The van der Waals surface area contributed by atoms with Crippen molar-refractivity contribution in [2.24, 2.45) is 5.92 Å². The minimum atomic E-state index is -0.194. The molecular formula is C14H19N3O2. The lowest BCUT2D eigenvalue weighted by Gasteiger charge is -2.26. The Kier molecular flexibility index (Phi) is 3.05. The maximum Gasteiger partial charge on any atom is 0.289 e. The molecule has 5 nitrogen and oxygen atoms in total. The van der Waals surface area contributed by atoms with E-state index in [2.05, 4.69) is 4.98 Å². The van der Waals surface area contributed by atoms with Crippen LogP contribution in [0.15, 0.2) is 30.1 Å². The Morgan fingerprint density at radius 1 is 1.42 bits per heavy atom. The molecule has 1 aliphatic carbocycles. The number of aliphatic hydroxyl groups is 1. The number of amides is 1. The van der Waals surface area contributed by atoms with Crippen molar-refractivity contribution in [1.82, 2.24) is 14.5 Å². The fraction of sp³-hybridized carbons (Fsp3) is 0.571. The Hall–Kier alpha value is -1.78. The second kappa shape index (κ2) is 4.72. The minimum absolute atomic E-state index is 0.0282. The topological polar surface area (TPSA) is 58.4 Å². The van der Waals surface area contributed by atoms with Crippen LogP contribution in [0.1, 0.15) is 26.2 Å². The Labute approximate surface area is 112 Å². The average Bonchev–Trinajstić information content (AvgIpc) is 3.06. The zero-order valence-electron chi connectivity index (χ0n) is 11.1. The molecule has 0 spiro atoms. The fourth-order valence-corrected chi connectivity index (χ4v) is 2.91. The Morgan fingerprint density at radius 3 is 2.84 bits per heavy atom. The van der Waals surface area contributed by atoms with Crippen LogP contribution in [0.3, 0.4) is 0 Å². The molecule has 2 aliphatic rings. The number of aromatic nitrogens is 2. The third kappa shape index (κ3) is 2.25. The fourth-order valence-electron chi connectivity index (χ4n) is 2.91. The molecular weight excluding hydrogens is 242 g/mol. The lowest BCUT2D eigenvalue weighted by molar-refractivity contribution is -0.129. The van der Waals surface area contributed by atoms with E-state index in [4.69, 9.17) is 0 Å². The minimum Gasteiger partial charge on any atom is -0.503 e. The van der Waals surface area contributed by atoms with E-state index in [1.54, 1.807) is 12.5 Å². The van der Waals surface area contributed by atoms with E-state index in [1.807, 2.05) is 22.6 Å². The smallest absolute Gasteiger partial charge is 0.289 e. The van der Waals surface area contributed by atoms with Gasteiger partial charge in [-0.2, -0.15) is 0 Å². The molecule has 3 rings (SSSR count). The summed E-state index contributed by atoms with van der Waals surface area (Å²) in [6, 6.07) is 0.135. The molecule has 0 aromatic carbocycles. The van der Waals surface area contributed by atoms with E-state index < -0.39 is 0 Å². The quantitative estimate of drug-likeness (QED) is 0.878. The number of hydrogen-bond acceptors (Lipinski definition) is 3. The van der Waals surface area contributed by atoms with E-state index in [0.29, 0.717) is 12.5 Å². The summed E-state index contributed by atoms with van der Waals surface area (Å²) in [4.78, 5) is 17.9. The van der Waals surface area contributed by atoms with E-state index in [-0.39, 0.29) is 17.7 Å². The normalized spacial score (nSPS) is 23.5. The van der Waals surface area contributed by atoms with Gasteiger partial charge in [0.05, 0.1) is 12.4 Å². The monoisotopic (exact) mass is 261 g/mol. The molecule has 1 aliphatic heterocycles. The molecule has 1 unspecified atom stereocenters. The number of hydrogen-bond donors (Lipinski definition) is 1. The highest BCUT2D eigenvalue weighted by Crippen LogP contribution is 2.42. The number of carbonyl (C=O) groups excluding carboxylic acids is 1. The summed E-state index contributed by atoms with van der Waals surface area (Å²) in [5, 5.41) is 9.84. The van der Waals surface area contributed by atoms with Crippen molar-refractivity contribution < 1.29 is 9.90 Å². The van der Waals surface area contributed by atoms with Crippen LogP contribution in [0.25, 0.3) is 0 Å². The Morgan fingerprint density at radius 2 is 2.21 bits per heavy atom. The Balaban J connectivity index is 1.62. The molecule has 1 aromatic rings. The third-order valence-electron chi connectivity index (χ3n) is 4.06. The van der Waals surface area contributed by atoms with Crippen LogP contribution in [0.2, 0.25) is 0 Å². The summed E-state index contributed by atoms with van der Waals surface area (Å²) in [7, 11) is 0. The van der Waals surface area contributed by atoms with E-state index in [9.17, 15) is 9.90 Å². The summed E-state index contributed by atoms with van der Waals surface area (Å²) in [5.74, 6) is 0.335. The largest absolute Gasteiger partial charge is 0.503 e. The summed E-state index contributed by atoms with van der Waals surface area (Å²) >= 11 is 0. The molecule has 102 valence electrons. The summed E-state index contributed by atoms with van der Waals surface area (Å²) in [5.41, 5.74) is 0.857. The SMILES string of the molecule is CC1=C(O)C(=O)N(CCCn2ccnc2)C1C1CC1. The first-order chi connectivity index (χ1) is 9.18. The van der Waals surface area contributed by atoms with Crippen LogP contribution in [-0.4, -0.2) is 38.1 Å². The lowest BCUT2D eigenvalue weighted by atomic mass is 10.1. The second-order valence-electron chi connectivity index (χ2n) is 5.47. The van der Waals surface area contributed by atoms with E-state index in [1.165, 1.54) is 12.8 Å². The summed E-state index contributed by atoms with van der Waals surface area (Å²) in [6.07, 6.45) is 8.68. The summed E-state index contributed by atoms with van der Waals surface area (Å²) in [6.45, 7) is 3.42. The van der Waals surface area contributed by atoms with Crippen LogP contribution >= 0.6 is 0 Å². The number of rotatable bonds is 5. The predicted molar refractivity (Wildman–Crippen MR) is 70.4 cm³/mol. The molecule has 0 saturated heterocycles. The van der Waals surface area contributed by atoms with E-state index in [0.717, 1.165) is 18.5 Å². The van der Waals surface area contributed by atoms with Gasteiger partial charge in [0.2, 0.25) is 0 Å². The highest BCUT2D eigenvalue weighted by Gasteiger charge is 2.45. The number of aliphatic hydroxyl groups excluding tert-OH is 1. The van der Waals surface area contributed by atoms with Crippen molar-refractivity contribution in [3.63, 3.8) is 0 Å². The van der Waals surface area contributed by atoms with Gasteiger partial charge >= 0.3 is 0 Å². The van der Waals surface area contributed by atoms with Crippen LogP contribution in [-0.2, 0) is 11.3 Å². The van der Waals surface area contributed by atoms with Gasteiger partial charge in [-0.05, 0) is 37.7 Å². The van der Waals surface area contributed by atoms with Gasteiger partial charge in [-0.3, -0.25) is 4.79 Å². The van der Waals surface area contributed by atoms with Gasteiger partial charge in [-0.1, -0.05) is 0 Å². The molecule has 1 aromatic heterocycles. The number of imidazole rings is 1. The molecule has 19 heavy (non-hydrogen) atoms. The molecule has 5 heteroatoms. The molecule has 1 fully saturated rings. The first kappa shape index (κ1) is 12.3. The number of carbonyl (C=O) groups is 1. The maximum absolute atomic E-state index is 12.0. The van der Waals surface area contributed by atoms with Crippen molar-refractivity contribution in [1.29, 1.82) is 0 Å². The van der Waals surface area contributed by atoms with Gasteiger partial charge in [-0.15, -0.1) is 0 Å². The molecule has 2 heterocycles. The van der Waals surface area contributed by atoms with Crippen LogP contribution in [0.4, 0.5) is 0 Å². The van der Waals surface area contributed by atoms with Crippen molar-refractivity contribution in [3.05, 3.63) is 30.1 Å². The van der Waals surface area contributed by atoms with Gasteiger partial charge in [0, 0.05) is 25.5 Å². The van der Waals surface area contributed by atoms with Crippen molar-refractivity contribution in [2.45, 2.75) is 38.8 Å². The zero-order chi connectivity index (χ0) is 13.4. The highest BCUT2D eigenvalue weighted by molar-refractivity contribution is 5.95. The molecule has 1 saturated carbocycles. The molecule has 1 N–H and O–H groups in total. The second-order valence-corrected chi connectivity index (χ2v) is 5.47. The van der Waals surface area contributed by atoms with Crippen molar-refractivity contribution >= 4 is 5.91 Å². The third-order valence-corrected chi connectivity index (χ3v) is 4.06. The van der Waals surface area contributed by atoms with Crippen LogP contribution < -0.4 is 0 Å². The molecule has 0 radical (unpaired) electrons. The van der Waals surface area contributed by atoms with Gasteiger partial charge in [0.1, 0.15) is 0 Å². The molecule has 1 atom stereocenters. The first-order valence-corrected chi connectivity index (χ1v) is 6.85. The van der Waals surface area contributed by atoms with Gasteiger partial charge in [-0.25, -0.2) is 4.98 Å². The average molecular weight is 261 g/mol. The van der Waals surface area contributed by atoms with Crippen molar-refractivity contribution in [3.8, 4) is 0 Å². The summed E-state index contributed by atoms with van der Waals surface area (Å²) < 4.78 is 2.01. The van der Waals surface area contributed by atoms with Gasteiger partial charge in [0.15, 0.2) is 5.76 Å². The number of nitrogens with zero attached hydrogens (tertiary/aromatic N) is 3. The van der Waals surface area contributed by atoms with Crippen molar-refractivity contribution in [2.75, 3.05) is 6.54 Å².